The summed E-state index contributed by atoms with van der Waals surface area (Å²) in [5.74, 6) is 0. The second-order valence-electron chi connectivity index (χ2n) is 22.1. The zero-order valence-electron chi connectivity index (χ0n) is 36.9. The summed E-state index contributed by atoms with van der Waals surface area (Å²) < 4.78 is 9.70. The Hall–Kier alpha value is -0.412. The summed E-state index contributed by atoms with van der Waals surface area (Å²) >= 11 is 12.7. The molecule has 10 heteroatoms. The van der Waals surface area contributed by atoms with Gasteiger partial charge in [-0.25, -0.2) is 0 Å². The SMILES string of the molecule is CC(C)(C)[Si](C)(C)c1ccc(-c2cc3c([Si](C)(C)C(C)(C)C)sc(-c4sc([Si](C)(C)C(C)(C)C)c5cc(-c6ccc([Si](C)(C)C(C)(C)C)s6)sc45)c3s2)s1. The minimum atomic E-state index is -1.84. The van der Waals surface area contributed by atoms with Crippen molar-refractivity contribution in [2.45, 2.75) is 156 Å². The van der Waals surface area contributed by atoms with Crippen LogP contribution in [0.15, 0.2) is 36.4 Å². The smallest absolute Gasteiger partial charge is 0.0996 e. The van der Waals surface area contributed by atoms with Gasteiger partial charge in [0.25, 0.3) is 0 Å². The van der Waals surface area contributed by atoms with Crippen LogP contribution in [0.3, 0.4) is 0 Å². The topological polar surface area (TPSA) is 0 Å². The van der Waals surface area contributed by atoms with Crippen molar-refractivity contribution in [3.05, 3.63) is 36.4 Å². The Morgan fingerprint density at radius 1 is 0.352 bits per heavy atom. The van der Waals surface area contributed by atoms with Crippen LogP contribution in [-0.2, 0) is 0 Å². The first kappa shape index (κ1) is 43.2. The Balaban J connectivity index is 1.62. The fraction of sp³-hybridized carbons (Fsp3) is 0.545. The van der Waals surface area contributed by atoms with Crippen LogP contribution in [-0.4, -0.2) is 32.3 Å². The fourth-order valence-corrected chi connectivity index (χ4v) is 27.8. The van der Waals surface area contributed by atoms with E-state index in [1.165, 1.54) is 28.9 Å². The molecule has 0 spiro atoms. The van der Waals surface area contributed by atoms with Crippen LogP contribution < -0.4 is 18.0 Å². The molecule has 0 unspecified atom stereocenters. The molecule has 0 aliphatic carbocycles. The first-order valence-corrected chi connectivity index (χ1v) is 36.6. The zero-order chi connectivity index (χ0) is 40.6. The predicted octanol–water partition coefficient (Wildman–Crippen LogP) is 16.2. The molecule has 0 aliphatic heterocycles. The van der Waals surface area contributed by atoms with Crippen molar-refractivity contribution in [2.75, 3.05) is 0 Å². The molecule has 0 N–H and O–H groups in total. The maximum absolute atomic E-state index is 2.63. The van der Waals surface area contributed by atoms with Gasteiger partial charge in [-0.05, 0) is 62.4 Å². The lowest BCUT2D eigenvalue weighted by atomic mass is 10.2. The summed E-state index contributed by atoms with van der Waals surface area (Å²) in [6.45, 7) is 50.4. The van der Waals surface area contributed by atoms with Crippen molar-refractivity contribution >= 4 is 138 Å². The first-order chi connectivity index (χ1) is 24.3. The van der Waals surface area contributed by atoms with E-state index in [1.54, 1.807) is 38.5 Å². The molecule has 6 heterocycles. The van der Waals surface area contributed by atoms with Crippen molar-refractivity contribution in [3.8, 4) is 29.3 Å². The van der Waals surface area contributed by atoms with E-state index >= 15 is 0 Å². The van der Waals surface area contributed by atoms with Crippen LogP contribution in [0.4, 0.5) is 0 Å². The van der Waals surface area contributed by atoms with Gasteiger partial charge in [0.05, 0.1) is 51.4 Å². The van der Waals surface area contributed by atoms with Gasteiger partial charge in [-0.2, -0.15) is 0 Å². The third-order valence-corrected chi connectivity index (χ3v) is 49.5. The van der Waals surface area contributed by atoms with Gasteiger partial charge in [0.2, 0.25) is 0 Å². The second-order valence-corrected chi connectivity index (χ2v) is 50.9. The van der Waals surface area contributed by atoms with Gasteiger partial charge in [-0.1, -0.05) is 148 Å². The summed E-state index contributed by atoms with van der Waals surface area (Å²) in [7, 11) is -6.90. The van der Waals surface area contributed by atoms with Crippen molar-refractivity contribution in [1.29, 1.82) is 0 Å². The van der Waals surface area contributed by atoms with E-state index in [1.807, 2.05) is 0 Å². The number of hydrogen-bond acceptors (Lipinski definition) is 6. The van der Waals surface area contributed by atoms with Crippen LogP contribution in [0.2, 0.25) is 72.5 Å². The molecule has 54 heavy (non-hydrogen) atoms. The molecule has 0 fully saturated rings. The summed E-state index contributed by atoms with van der Waals surface area (Å²) in [5.41, 5.74) is 0. The van der Waals surface area contributed by atoms with Crippen LogP contribution >= 0.6 is 68.0 Å². The van der Waals surface area contributed by atoms with E-state index in [2.05, 4.69) is 240 Å². The molecular weight excluding hydrogens is 833 g/mol. The lowest BCUT2D eigenvalue weighted by Crippen LogP contribution is -2.48. The van der Waals surface area contributed by atoms with Crippen molar-refractivity contribution in [3.63, 3.8) is 0 Å². The highest BCUT2D eigenvalue weighted by Crippen LogP contribution is 2.53. The van der Waals surface area contributed by atoms with Gasteiger partial charge in [-0.15, -0.1) is 68.0 Å². The standard InChI is InChI=1S/C44H66S6Si4/c1-41(2,3)51(13,14)33-23-21-29(45-33)31-25-27-35(47-31)37(49-39(27)53(17,18)43(7,8)9)38-36-28(40(50-38)54(19,20)44(10,11)12)26-32(48-36)30-22-24-34(46-30)52(15,16)42(4,5)6/h21-26H,1-20H3. The molecule has 0 aliphatic rings. The maximum Gasteiger partial charge on any atom is 0.0996 e. The van der Waals surface area contributed by atoms with Gasteiger partial charge in [0.1, 0.15) is 0 Å². The number of fused-ring (bicyclic) bond motifs is 2. The molecule has 0 saturated carbocycles. The summed E-state index contributed by atoms with van der Waals surface area (Å²) in [5, 5.41) is 4.28. The van der Waals surface area contributed by atoms with E-state index in [9.17, 15) is 0 Å². The third-order valence-electron chi connectivity index (χ3n) is 14.5. The fourth-order valence-electron chi connectivity index (χ4n) is 6.37. The molecule has 0 saturated heterocycles. The molecule has 0 radical (unpaired) electrons. The number of rotatable bonds is 7. The molecule has 0 bridgehead atoms. The highest BCUT2D eigenvalue weighted by molar-refractivity contribution is 7.42. The zero-order valence-corrected chi connectivity index (χ0v) is 45.8. The summed E-state index contributed by atoms with van der Waals surface area (Å²) in [4.78, 5) is 8.93. The second kappa shape index (κ2) is 13.6. The number of hydrogen-bond donors (Lipinski definition) is 0. The van der Waals surface area contributed by atoms with Crippen LogP contribution in [0.25, 0.3) is 49.4 Å². The van der Waals surface area contributed by atoms with Crippen LogP contribution in [0.1, 0.15) is 83.1 Å². The molecular formula is C44H66S6Si4. The Bertz CT molecular complexity index is 2170. The highest BCUT2D eigenvalue weighted by Gasteiger charge is 2.44. The molecule has 6 aromatic heterocycles. The van der Waals surface area contributed by atoms with E-state index in [0.717, 1.165) is 0 Å². The Kier molecular flexibility index (Phi) is 10.8. The minimum Gasteiger partial charge on any atom is -0.144 e. The number of thiophene rings is 6. The van der Waals surface area contributed by atoms with Gasteiger partial charge in [-0.3, -0.25) is 0 Å². The van der Waals surface area contributed by atoms with Gasteiger partial charge >= 0.3 is 0 Å². The lowest BCUT2D eigenvalue weighted by Gasteiger charge is -2.36. The molecule has 294 valence electrons. The van der Waals surface area contributed by atoms with E-state index in [4.69, 9.17) is 0 Å². The molecule has 0 nitrogen and oxygen atoms in total. The molecule has 0 atom stereocenters. The quantitative estimate of drug-likeness (QED) is 0.140. The molecule has 0 amide bonds. The monoisotopic (exact) mass is 898 g/mol. The molecule has 6 rings (SSSR count). The Morgan fingerprint density at radius 2 is 0.648 bits per heavy atom. The lowest BCUT2D eigenvalue weighted by molar-refractivity contribution is 0.730. The van der Waals surface area contributed by atoms with Crippen LogP contribution in [0, 0.1) is 0 Å². The average molecular weight is 900 g/mol. The van der Waals surface area contributed by atoms with E-state index < -0.39 is 32.3 Å². The third kappa shape index (κ3) is 6.97. The highest BCUT2D eigenvalue weighted by atomic mass is 32.1. The van der Waals surface area contributed by atoms with Gasteiger partial charge < -0.3 is 0 Å². The maximum atomic E-state index is 2.63. The summed E-state index contributed by atoms with van der Waals surface area (Å²) in [6, 6.07) is 15.1. The largest absolute Gasteiger partial charge is 0.144 e. The average Bonchev–Trinajstić information content (AvgIpc) is 3.83. The van der Waals surface area contributed by atoms with Crippen molar-refractivity contribution in [1.82, 2.24) is 0 Å². The minimum absolute atomic E-state index is 0.261. The van der Waals surface area contributed by atoms with Crippen molar-refractivity contribution < 1.29 is 0 Å². The Morgan fingerprint density at radius 3 is 0.926 bits per heavy atom. The van der Waals surface area contributed by atoms with Gasteiger partial charge in [0.15, 0.2) is 0 Å². The molecule has 0 aromatic carbocycles. The molecule has 6 aromatic rings. The summed E-state index contributed by atoms with van der Waals surface area (Å²) in [6.07, 6.45) is 0. The van der Waals surface area contributed by atoms with E-state index in [0.29, 0.717) is 10.1 Å². The van der Waals surface area contributed by atoms with Gasteiger partial charge in [0, 0.05) is 30.3 Å². The predicted molar refractivity (Wildman–Crippen MR) is 272 cm³/mol. The van der Waals surface area contributed by atoms with Crippen LogP contribution in [0.5, 0.6) is 0 Å². The Labute approximate surface area is 356 Å². The normalized spacial score (nSPS) is 14.7. The first-order valence-electron chi connectivity index (χ1n) is 19.7. The van der Waals surface area contributed by atoms with E-state index in [-0.39, 0.29) is 10.1 Å². The van der Waals surface area contributed by atoms with Crippen molar-refractivity contribution in [2.24, 2.45) is 0 Å².